The molecule has 1 atom stereocenters. The molecule has 4 aromatic rings. The van der Waals surface area contributed by atoms with Crippen LogP contribution in [0.25, 0.3) is 20.8 Å². The van der Waals surface area contributed by atoms with Crippen LogP contribution in [0.5, 0.6) is 5.75 Å². The summed E-state index contributed by atoms with van der Waals surface area (Å²) >= 11 is 1.66. The molecule has 0 saturated carbocycles. The molecule has 0 aliphatic rings. The van der Waals surface area contributed by atoms with E-state index in [4.69, 9.17) is 4.74 Å². The summed E-state index contributed by atoms with van der Waals surface area (Å²) < 4.78 is 6.92. The third kappa shape index (κ3) is 4.46. The van der Waals surface area contributed by atoms with Crippen LogP contribution in [0.3, 0.4) is 0 Å². The highest BCUT2D eigenvalue weighted by Gasteiger charge is 2.09. The minimum Gasteiger partial charge on any atom is -0.491 e. The standard InChI is InChI=1S/C24H22N2O2S/c1-3-16(2)28-20-14-10-17(11-15-20)23(27)25-19-12-8-18(9-13-19)24-26-21-6-4-5-7-22(21)29-24/h4-16H,3H2,1-2H3,(H,25,27). The van der Waals surface area contributed by atoms with E-state index in [9.17, 15) is 4.79 Å². The van der Waals surface area contributed by atoms with E-state index in [1.807, 2.05) is 61.5 Å². The van der Waals surface area contributed by atoms with Crippen LogP contribution in [0.2, 0.25) is 0 Å². The Balaban J connectivity index is 1.43. The lowest BCUT2D eigenvalue weighted by Crippen LogP contribution is -2.12. The lowest BCUT2D eigenvalue weighted by atomic mass is 10.1. The highest BCUT2D eigenvalue weighted by molar-refractivity contribution is 7.21. The van der Waals surface area contributed by atoms with Crippen LogP contribution >= 0.6 is 11.3 Å². The van der Waals surface area contributed by atoms with E-state index < -0.39 is 0 Å². The molecule has 0 aliphatic carbocycles. The van der Waals surface area contributed by atoms with Crippen LogP contribution in [0, 0.1) is 0 Å². The Morgan fingerprint density at radius 1 is 1.03 bits per heavy atom. The van der Waals surface area contributed by atoms with Crippen molar-refractivity contribution in [3.05, 3.63) is 78.4 Å². The first-order chi connectivity index (χ1) is 14.1. The molecular formula is C24H22N2O2S. The number of ether oxygens (including phenoxy) is 1. The minimum absolute atomic E-state index is 0.146. The zero-order valence-electron chi connectivity index (χ0n) is 16.4. The molecule has 0 aliphatic heterocycles. The maximum atomic E-state index is 12.5. The van der Waals surface area contributed by atoms with E-state index in [1.54, 1.807) is 23.5 Å². The summed E-state index contributed by atoms with van der Waals surface area (Å²) in [5.74, 6) is 0.629. The smallest absolute Gasteiger partial charge is 0.255 e. The molecule has 5 heteroatoms. The molecule has 29 heavy (non-hydrogen) atoms. The summed E-state index contributed by atoms with van der Waals surface area (Å²) in [6.07, 6.45) is 1.10. The molecule has 4 nitrogen and oxygen atoms in total. The van der Waals surface area contributed by atoms with Crippen LogP contribution in [-0.2, 0) is 0 Å². The fourth-order valence-corrected chi connectivity index (χ4v) is 3.87. The van der Waals surface area contributed by atoms with Crippen molar-refractivity contribution in [3.63, 3.8) is 0 Å². The van der Waals surface area contributed by atoms with Crippen LogP contribution in [0.4, 0.5) is 5.69 Å². The van der Waals surface area contributed by atoms with Crippen molar-refractivity contribution in [2.45, 2.75) is 26.4 Å². The van der Waals surface area contributed by atoms with Gasteiger partial charge in [0.1, 0.15) is 10.8 Å². The van der Waals surface area contributed by atoms with E-state index in [0.717, 1.165) is 33.9 Å². The van der Waals surface area contributed by atoms with Gasteiger partial charge in [0, 0.05) is 16.8 Å². The summed E-state index contributed by atoms with van der Waals surface area (Å²) in [6.45, 7) is 4.10. The van der Waals surface area contributed by atoms with Crippen molar-refractivity contribution >= 4 is 33.1 Å². The number of carbonyl (C=O) groups is 1. The Bertz CT molecular complexity index is 1080. The number of aromatic nitrogens is 1. The summed E-state index contributed by atoms with van der Waals surface area (Å²) in [4.78, 5) is 17.2. The number of nitrogens with one attached hydrogen (secondary N) is 1. The fraction of sp³-hybridized carbons (Fsp3) is 0.167. The molecule has 0 fully saturated rings. The average molecular weight is 403 g/mol. The number of hydrogen-bond acceptors (Lipinski definition) is 4. The number of benzene rings is 3. The maximum Gasteiger partial charge on any atom is 0.255 e. The Hall–Kier alpha value is -3.18. The maximum absolute atomic E-state index is 12.5. The van der Waals surface area contributed by atoms with Gasteiger partial charge in [-0.3, -0.25) is 4.79 Å². The highest BCUT2D eigenvalue weighted by atomic mass is 32.1. The quantitative estimate of drug-likeness (QED) is 0.406. The third-order valence-corrected chi connectivity index (χ3v) is 5.80. The van der Waals surface area contributed by atoms with E-state index in [1.165, 1.54) is 4.70 Å². The van der Waals surface area contributed by atoms with Crippen LogP contribution in [0.15, 0.2) is 72.8 Å². The first-order valence-electron chi connectivity index (χ1n) is 9.66. The number of rotatable bonds is 6. The monoisotopic (exact) mass is 402 g/mol. The van der Waals surface area contributed by atoms with Crippen molar-refractivity contribution in [1.82, 2.24) is 4.98 Å². The van der Waals surface area contributed by atoms with Crippen molar-refractivity contribution in [2.24, 2.45) is 0 Å². The molecule has 1 amide bonds. The molecule has 0 spiro atoms. The number of thiazole rings is 1. The van der Waals surface area contributed by atoms with Gasteiger partial charge >= 0.3 is 0 Å². The van der Waals surface area contributed by atoms with Crippen LogP contribution < -0.4 is 10.1 Å². The zero-order chi connectivity index (χ0) is 20.2. The van der Waals surface area contributed by atoms with Crippen LogP contribution in [0.1, 0.15) is 30.6 Å². The van der Waals surface area contributed by atoms with Gasteiger partial charge in [0.05, 0.1) is 16.3 Å². The van der Waals surface area contributed by atoms with Gasteiger partial charge in [-0.1, -0.05) is 19.1 Å². The topological polar surface area (TPSA) is 51.2 Å². The van der Waals surface area contributed by atoms with Gasteiger partial charge in [-0.2, -0.15) is 0 Å². The molecule has 1 unspecified atom stereocenters. The second-order valence-corrected chi connectivity index (χ2v) is 7.91. The first kappa shape index (κ1) is 19.2. The van der Waals surface area contributed by atoms with Crippen molar-refractivity contribution in [3.8, 4) is 16.3 Å². The molecule has 0 bridgehead atoms. The number of anilines is 1. The van der Waals surface area contributed by atoms with Gasteiger partial charge in [0.15, 0.2) is 0 Å². The fourth-order valence-electron chi connectivity index (χ4n) is 2.90. The lowest BCUT2D eigenvalue weighted by molar-refractivity contribution is 0.102. The predicted octanol–water partition coefficient (Wildman–Crippen LogP) is 6.39. The number of fused-ring (bicyclic) bond motifs is 1. The van der Waals surface area contributed by atoms with E-state index in [0.29, 0.717) is 5.56 Å². The molecule has 1 heterocycles. The summed E-state index contributed by atoms with van der Waals surface area (Å²) in [6, 6.07) is 23.1. The molecule has 4 rings (SSSR count). The van der Waals surface area contributed by atoms with E-state index in [-0.39, 0.29) is 12.0 Å². The molecule has 1 N–H and O–H groups in total. The lowest BCUT2D eigenvalue weighted by Gasteiger charge is -2.12. The van der Waals surface area contributed by atoms with Gasteiger partial charge in [-0.15, -0.1) is 11.3 Å². The minimum atomic E-state index is -0.146. The van der Waals surface area contributed by atoms with Gasteiger partial charge < -0.3 is 10.1 Å². The molecular weight excluding hydrogens is 380 g/mol. The molecule has 3 aromatic carbocycles. The number of hydrogen-bond donors (Lipinski definition) is 1. The summed E-state index contributed by atoms with van der Waals surface area (Å²) in [5, 5.41) is 3.91. The Labute approximate surface area is 174 Å². The summed E-state index contributed by atoms with van der Waals surface area (Å²) in [7, 11) is 0. The second kappa shape index (κ2) is 8.45. The van der Waals surface area contributed by atoms with Crippen molar-refractivity contribution in [1.29, 1.82) is 0 Å². The molecule has 0 saturated heterocycles. The second-order valence-electron chi connectivity index (χ2n) is 6.88. The van der Waals surface area contributed by atoms with E-state index in [2.05, 4.69) is 23.3 Å². The number of carbonyl (C=O) groups excluding carboxylic acids is 1. The van der Waals surface area contributed by atoms with Gasteiger partial charge in [0.25, 0.3) is 5.91 Å². The SMILES string of the molecule is CCC(C)Oc1ccc(C(=O)Nc2ccc(-c3nc4ccccc4s3)cc2)cc1. The third-order valence-electron chi connectivity index (χ3n) is 4.71. The van der Waals surface area contributed by atoms with Crippen molar-refractivity contribution in [2.75, 3.05) is 5.32 Å². The van der Waals surface area contributed by atoms with E-state index >= 15 is 0 Å². The molecule has 0 radical (unpaired) electrons. The molecule has 1 aromatic heterocycles. The first-order valence-corrected chi connectivity index (χ1v) is 10.5. The Morgan fingerprint density at radius 2 is 1.76 bits per heavy atom. The normalized spacial score (nSPS) is 11.9. The number of nitrogens with zero attached hydrogens (tertiary/aromatic N) is 1. The van der Waals surface area contributed by atoms with Gasteiger partial charge in [-0.05, 0) is 74.0 Å². The summed E-state index contributed by atoms with van der Waals surface area (Å²) in [5.41, 5.74) is 3.39. The van der Waals surface area contributed by atoms with Gasteiger partial charge in [0.2, 0.25) is 0 Å². The largest absolute Gasteiger partial charge is 0.491 e. The number of amides is 1. The Kier molecular flexibility index (Phi) is 5.58. The average Bonchev–Trinajstić information content (AvgIpc) is 3.19. The molecule has 146 valence electrons. The zero-order valence-corrected chi connectivity index (χ0v) is 17.2. The Morgan fingerprint density at radius 3 is 2.45 bits per heavy atom. The highest BCUT2D eigenvalue weighted by Crippen LogP contribution is 2.30. The number of para-hydroxylation sites is 1. The van der Waals surface area contributed by atoms with Crippen molar-refractivity contribution < 1.29 is 9.53 Å². The predicted molar refractivity (Wildman–Crippen MR) is 120 cm³/mol. The van der Waals surface area contributed by atoms with Crippen LogP contribution in [-0.4, -0.2) is 17.0 Å². The van der Waals surface area contributed by atoms with Gasteiger partial charge in [-0.25, -0.2) is 4.98 Å².